The summed E-state index contributed by atoms with van der Waals surface area (Å²) in [5.41, 5.74) is 9.02. The van der Waals surface area contributed by atoms with Gasteiger partial charge in [-0.3, -0.25) is 9.48 Å². The molecule has 1 aliphatic rings. The summed E-state index contributed by atoms with van der Waals surface area (Å²) in [6, 6.07) is 12.1. The van der Waals surface area contributed by atoms with E-state index in [0.29, 0.717) is 24.2 Å². The molecule has 0 spiro atoms. The fourth-order valence-electron chi connectivity index (χ4n) is 3.09. The van der Waals surface area contributed by atoms with Crippen molar-refractivity contribution >= 4 is 11.7 Å². The van der Waals surface area contributed by atoms with Crippen LogP contribution in [0.15, 0.2) is 48.7 Å². The Morgan fingerprint density at radius 1 is 1.29 bits per heavy atom. The molecule has 1 fully saturated rings. The highest BCUT2D eigenvalue weighted by Gasteiger charge is 2.25. The summed E-state index contributed by atoms with van der Waals surface area (Å²) in [5.74, 6) is -0.0291. The van der Waals surface area contributed by atoms with Crippen molar-refractivity contribution in [2.75, 3.05) is 12.8 Å². The van der Waals surface area contributed by atoms with Crippen LogP contribution < -0.4 is 15.8 Å². The van der Waals surface area contributed by atoms with Gasteiger partial charge in [-0.25, -0.2) is 4.39 Å². The van der Waals surface area contributed by atoms with Crippen LogP contribution in [0.3, 0.4) is 0 Å². The lowest BCUT2D eigenvalue weighted by Crippen LogP contribution is -2.23. The summed E-state index contributed by atoms with van der Waals surface area (Å²) < 4.78 is 20.5. The fourth-order valence-corrected chi connectivity index (χ4v) is 3.09. The van der Waals surface area contributed by atoms with Crippen molar-refractivity contribution in [3.63, 3.8) is 0 Å². The molecule has 3 aromatic rings. The Labute approximate surface area is 162 Å². The standard InChI is InChI=1S/C21H21FN4O2/c1-28-19-9-6-15(22)10-17(19)21(27)24-11-13-2-4-14(5-3-13)18-12-26(16-7-8-16)25-20(18)23/h2-6,9-10,12,16H,7-8,11H2,1H3,(H2,23,25)(H,24,27). The summed E-state index contributed by atoms with van der Waals surface area (Å²) >= 11 is 0. The summed E-state index contributed by atoms with van der Waals surface area (Å²) in [6.07, 6.45) is 4.28. The second-order valence-electron chi connectivity index (χ2n) is 6.86. The molecule has 0 bridgehead atoms. The molecule has 1 heterocycles. The van der Waals surface area contributed by atoms with E-state index in [0.717, 1.165) is 35.6 Å². The summed E-state index contributed by atoms with van der Waals surface area (Å²) in [5, 5.41) is 7.17. The molecule has 1 saturated carbocycles. The zero-order chi connectivity index (χ0) is 19.7. The third-order valence-electron chi connectivity index (χ3n) is 4.81. The van der Waals surface area contributed by atoms with Gasteiger partial charge in [0.2, 0.25) is 0 Å². The predicted octanol–water partition coefficient (Wildman–Crippen LogP) is 3.54. The number of benzene rings is 2. The molecule has 2 aromatic carbocycles. The normalized spacial score (nSPS) is 13.4. The van der Waals surface area contributed by atoms with E-state index in [1.165, 1.54) is 19.2 Å². The van der Waals surface area contributed by atoms with Gasteiger partial charge in [0.25, 0.3) is 5.91 Å². The number of rotatable bonds is 6. The molecule has 0 unspecified atom stereocenters. The van der Waals surface area contributed by atoms with Gasteiger partial charge < -0.3 is 15.8 Å². The topological polar surface area (TPSA) is 82.2 Å². The van der Waals surface area contributed by atoms with E-state index >= 15 is 0 Å². The van der Waals surface area contributed by atoms with Crippen LogP contribution in [0.2, 0.25) is 0 Å². The fraction of sp³-hybridized carbons (Fsp3) is 0.238. The Hall–Kier alpha value is -3.35. The number of nitrogen functional groups attached to an aromatic ring is 1. The van der Waals surface area contributed by atoms with Gasteiger partial charge in [0.05, 0.1) is 18.7 Å². The molecule has 144 valence electrons. The number of amides is 1. The first-order chi connectivity index (χ1) is 13.5. The number of halogens is 1. The molecule has 4 rings (SSSR count). The first kappa shape index (κ1) is 18.0. The number of aromatic nitrogens is 2. The number of hydrogen-bond acceptors (Lipinski definition) is 4. The second kappa shape index (κ2) is 7.34. The van der Waals surface area contributed by atoms with Gasteiger partial charge in [-0.1, -0.05) is 24.3 Å². The third-order valence-corrected chi connectivity index (χ3v) is 4.81. The average molecular weight is 380 g/mol. The van der Waals surface area contributed by atoms with Crippen LogP contribution in [0.25, 0.3) is 11.1 Å². The number of anilines is 1. The van der Waals surface area contributed by atoms with E-state index in [1.54, 1.807) is 0 Å². The Morgan fingerprint density at radius 3 is 2.71 bits per heavy atom. The SMILES string of the molecule is COc1ccc(F)cc1C(=O)NCc1ccc(-c2cn(C3CC3)nc2N)cc1. The zero-order valence-corrected chi connectivity index (χ0v) is 15.5. The number of methoxy groups -OCH3 is 1. The van der Waals surface area contributed by atoms with Crippen molar-refractivity contribution in [2.24, 2.45) is 0 Å². The summed E-state index contributed by atoms with van der Waals surface area (Å²) in [6.45, 7) is 0.315. The molecular weight excluding hydrogens is 359 g/mol. The zero-order valence-electron chi connectivity index (χ0n) is 15.5. The van der Waals surface area contributed by atoms with Crippen LogP contribution in [0, 0.1) is 5.82 Å². The number of nitrogens with zero attached hydrogens (tertiary/aromatic N) is 2. The highest BCUT2D eigenvalue weighted by molar-refractivity contribution is 5.96. The Bertz CT molecular complexity index is 1010. The van der Waals surface area contributed by atoms with Gasteiger partial charge in [0, 0.05) is 18.3 Å². The molecule has 7 heteroatoms. The number of carbonyl (C=O) groups is 1. The maximum absolute atomic E-state index is 13.4. The average Bonchev–Trinajstić information content (AvgIpc) is 3.48. The molecule has 1 amide bonds. The van der Waals surface area contributed by atoms with E-state index < -0.39 is 11.7 Å². The van der Waals surface area contributed by atoms with Gasteiger partial charge in [-0.05, 0) is 42.2 Å². The van der Waals surface area contributed by atoms with E-state index in [1.807, 2.05) is 35.1 Å². The van der Waals surface area contributed by atoms with Crippen LogP contribution in [0.5, 0.6) is 5.75 Å². The van der Waals surface area contributed by atoms with E-state index in [2.05, 4.69) is 10.4 Å². The van der Waals surface area contributed by atoms with Crippen LogP contribution >= 0.6 is 0 Å². The van der Waals surface area contributed by atoms with E-state index in [4.69, 9.17) is 10.5 Å². The smallest absolute Gasteiger partial charge is 0.255 e. The molecule has 0 saturated heterocycles. The van der Waals surface area contributed by atoms with Crippen molar-refractivity contribution in [2.45, 2.75) is 25.4 Å². The largest absolute Gasteiger partial charge is 0.496 e. The maximum Gasteiger partial charge on any atom is 0.255 e. The van der Waals surface area contributed by atoms with Gasteiger partial charge in [-0.2, -0.15) is 5.10 Å². The Morgan fingerprint density at radius 2 is 2.04 bits per heavy atom. The minimum absolute atomic E-state index is 0.166. The van der Waals surface area contributed by atoms with Crippen LogP contribution in [-0.2, 0) is 6.54 Å². The lowest BCUT2D eigenvalue weighted by Gasteiger charge is -2.10. The van der Waals surface area contributed by atoms with E-state index in [-0.39, 0.29) is 5.56 Å². The number of hydrogen-bond donors (Lipinski definition) is 2. The van der Waals surface area contributed by atoms with Crippen molar-refractivity contribution < 1.29 is 13.9 Å². The number of nitrogens with one attached hydrogen (secondary N) is 1. The molecule has 0 aliphatic heterocycles. The van der Waals surface area contributed by atoms with Crippen molar-refractivity contribution in [3.8, 4) is 16.9 Å². The Kier molecular flexibility index (Phi) is 4.73. The predicted molar refractivity (Wildman–Crippen MR) is 104 cm³/mol. The molecule has 0 atom stereocenters. The number of nitrogens with two attached hydrogens (primary N) is 1. The van der Waals surface area contributed by atoms with Crippen LogP contribution in [0.1, 0.15) is 34.8 Å². The summed E-state index contributed by atoms with van der Waals surface area (Å²) in [4.78, 5) is 12.4. The molecule has 1 aromatic heterocycles. The molecular formula is C21H21FN4O2. The van der Waals surface area contributed by atoms with Crippen LogP contribution in [-0.4, -0.2) is 22.8 Å². The van der Waals surface area contributed by atoms with Crippen molar-refractivity contribution in [1.82, 2.24) is 15.1 Å². The summed E-state index contributed by atoms with van der Waals surface area (Å²) in [7, 11) is 1.44. The van der Waals surface area contributed by atoms with Crippen molar-refractivity contribution in [1.29, 1.82) is 0 Å². The Balaban J connectivity index is 1.44. The van der Waals surface area contributed by atoms with Gasteiger partial charge >= 0.3 is 0 Å². The minimum Gasteiger partial charge on any atom is -0.496 e. The third kappa shape index (κ3) is 3.69. The molecule has 3 N–H and O–H groups in total. The molecule has 1 aliphatic carbocycles. The highest BCUT2D eigenvalue weighted by Crippen LogP contribution is 2.37. The van der Waals surface area contributed by atoms with Crippen molar-refractivity contribution in [3.05, 3.63) is 65.6 Å². The highest BCUT2D eigenvalue weighted by atomic mass is 19.1. The molecule has 28 heavy (non-hydrogen) atoms. The van der Waals surface area contributed by atoms with Crippen LogP contribution in [0.4, 0.5) is 10.2 Å². The maximum atomic E-state index is 13.4. The lowest BCUT2D eigenvalue weighted by molar-refractivity contribution is 0.0947. The minimum atomic E-state index is -0.486. The second-order valence-corrected chi connectivity index (χ2v) is 6.86. The van der Waals surface area contributed by atoms with Gasteiger partial charge in [0.1, 0.15) is 11.6 Å². The van der Waals surface area contributed by atoms with E-state index in [9.17, 15) is 9.18 Å². The monoisotopic (exact) mass is 380 g/mol. The molecule has 0 radical (unpaired) electrons. The lowest BCUT2D eigenvalue weighted by atomic mass is 10.1. The molecule has 6 nitrogen and oxygen atoms in total. The van der Waals surface area contributed by atoms with Gasteiger partial charge in [-0.15, -0.1) is 0 Å². The number of ether oxygens (including phenoxy) is 1. The number of carbonyl (C=O) groups excluding carboxylic acids is 1. The first-order valence-corrected chi connectivity index (χ1v) is 9.11. The first-order valence-electron chi connectivity index (χ1n) is 9.11. The quantitative estimate of drug-likeness (QED) is 0.685. The van der Waals surface area contributed by atoms with Gasteiger partial charge in [0.15, 0.2) is 5.82 Å².